The van der Waals surface area contributed by atoms with Crippen molar-refractivity contribution in [1.29, 1.82) is 0 Å². The van der Waals surface area contributed by atoms with E-state index in [2.05, 4.69) is 15.1 Å². The number of hydrogen-bond acceptors (Lipinski definition) is 6. The van der Waals surface area contributed by atoms with Gasteiger partial charge in [-0.1, -0.05) is 10.7 Å². The minimum absolute atomic E-state index is 0.0819. The van der Waals surface area contributed by atoms with Crippen LogP contribution < -0.4 is 15.1 Å². The van der Waals surface area contributed by atoms with Crippen molar-refractivity contribution < 1.29 is 29.0 Å². The number of benzene rings is 1. The van der Waals surface area contributed by atoms with Gasteiger partial charge in [-0.2, -0.15) is 0 Å². The minimum atomic E-state index is -1.07. The quantitative estimate of drug-likeness (QED) is 0.608. The molecule has 1 heterocycles. The van der Waals surface area contributed by atoms with Gasteiger partial charge in [-0.05, 0) is 43.3 Å². The summed E-state index contributed by atoms with van der Waals surface area (Å²) in [6.07, 6.45) is 0. The fourth-order valence-electron chi connectivity index (χ4n) is 1.78. The monoisotopic (exact) mass is 337 g/mol. The van der Waals surface area contributed by atoms with Crippen LogP contribution >= 0.6 is 11.8 Å². The maximum Gasteiger partial charge on any atom is 0.335 e. The van der Waals surface area contributed by atoms with E-state index in [1.807, 2.05) is 0 Å². The molecule has 1 aromatic carbocycles. The van der Waals surface area contributed by atoms with Crippen molar-refractivity contribution in [2.45, 2.75) is 24.1 Å². The highest BCUT2D eigenvalue weighted by molar-refractivity contribution is 8.00. The van der Waals surface area contributed by atoms with Gasteiger partial charge in [0.15, 0.2) is 13.0 Å². The second-order valence-corrected chi connectivity index (χ2v) is 6.20. The summed E-state index contributed by atoms with van der Waals surface area (Å²) < 4.78 is 5.75. The van der Waals surface area contributed by atoms with Crippen LogP contribution in [0.3, 0.4) is 0 Å². The van der Waals surface area contributed by atoms with Crippen molar-refractivity contribution in [3.63, 3.8) is 0 Å². The van der Waals surface area contributed by atoms with Gasteiger partial charge >= 0.3 is 5.97 Å². The molecule has 0 radical (unpaired) electrons. The summed E-state index contributed by atoms with van der Waals surface area (Å²) in [4.78, 5) is 23.3. The number of rotatable bonds is 5. The van der Waals surface area contributed by atoms with Crippen LogP contribution in [-0.2, 0) is 11.8 Å². The van der Waals surface area contributed by atoms with E-state index >= 15 is 0 Å². The first kappa shape index (κ1) is 16.8. The Morgan fingerprint density at radius 3 is 2.74 bits per heavy atom. The maximum absolute atomic E-state index is 12.3. The van der Waals surface area contributed by atoms with Gasteiger partial charge in [0.1, 0.15) is 0 Å². The van der Waals surface area contributed by atoms with Gasteiger partial charge in [-0.15, -0.1) is 0 Å². The summed E-state index contributed by atoms with van der Waals surface area (Å²) in [5.74, 6) is -2.04. The predicted octanol–water partition coefficient (Wildman–Crippen LogP) is 0.699. The van der Waals surface area contributed by atoms with Crippen LogP contribution in [0.1, 0.15) is 22.8 Å². The fraction of sp³-hybridized carbons (Fsp3) is 0.286. The molecule has 0 spiro atoms. The van der Waals surface area contributed by atoms with E-state index in [1.165, 1.54) is 16.8 Å². The highest BCUT2D eigenvalue weighted by Crippen LogP contribution is 2.27. The molecule has 1 atom stereocenters. The van der Waals surface area contributed by atoms with Crippen LogP contribution in [0.25, 0.3) is 0 Å². The molecule has 0 aliphatic heterocycles. The third-order valence-electron chi connectivity index (χ3n) is 3.11. The molecule has 1 aromatic heterocycles. The summed E-state index contributed by atoms with van der Waals surface area (Å²) in [6.45, 7) is 3.39. The summed E-state index contributed by atoms with van der Waals surface area (Å²) in [5.41, 5.74) is 1.23. The first-order chi connectivity index (χ1) is 10.8. The second kappa shape index (κ2) is 6.69. The van der Waals surface area contributed by atoms with Crippen LogP contribution in [0, 0.1) is 6.92 Å². The summed E-state index contributed by atoms with van der Waals surface area (Å²) in [5, 5.41) is 26.2. The molecular weight excluding hydrogens is 322 g/mol. The number of carboxylic acids is 1. The predicted molar refractivity (Wildman–Crippen MR) is 79.2 cm³/mol. The lowest BCUT2D eigenvalue weighted by molar-refractivity contribution is -0.772. The van der Waals surface area contributed by atoms with E-state index in [0.717, 1.165) is 17.3 Å². The molecule has 0 saturated carbocycles. The van der Waals surface area contributed by atoms with Gasteiger partial charge in [-0.25, -0.2) is 4.79 Å². The molecule has 1 amide bonds. The first-order valence-electron chi connectivity index (χ1n) is 6.64. The van der Waals surface area contributed by atoms with Gasteiger partial charge < -0.3 is 20.1 Å². The number of aryl methyl sites for hydroxylation is 2. The van der Waals surface area contributed by atoms with Crippen molar-refractivity contribution >= 4 is 29.3 Å². The lowest BCUT2D eigenvalue weighted by Gasteiger charge is -2.12. The second-order valence-electron chi connectivity index (χ2n) is 4.87. The number of hydrogen-bond donors (Lipinski definition) is 2. The van der Waals surface area contributed by atoms with Crippen LogP contribution in [0.4, 0.5) is 5.69 Å². The standard InChI is InChI=1S/C14H15N3O5S/c1-7-4-5-9(13(19)20)6-10(7)15-11(18)8(2)23-12-14(21)22-16-17(12)3/h4-6,8H,1-3H3,(H2-,15,16,18,19,20,21). The molecule has 0 fully saturated rings. The lowest BCUT2D eigenvalue weighted by atomic mass is 10.1. The van der Waals surface area contributed by atoms with Crippen molar-refractivity contribution in [2.75, 3.05) is 5.32 Å². The number of thioether (sulfide) groups is 1. The zero-order valence-corrected chi connectivity index (χ0v) is 13.5. The highest BCUT2D eigenvalue weighted by Gasteiger charge is 2.23. The Bertz CT molecular complexity index is 739. The van der Waals surface area contributed by atoms with E-state index in [4.69, 9.17) is 5.11 Å². The zero-order chi connectivity index (χ0) is 17.1. The van der Waals surface area contributed by atoms with E-state index in [1.54, 1.807) is 27.0 Å². The Morgan fingerprint density at radius 2 is 2.17 bits per heavy atom. The molecule has 8 nitrogen and oxygen atoms in total. The topological polar surface area (TPSA) is 119 Å². The van der Waals surface area contributed by atoms with Gasteiger partial charge in [0.25, 0.3) is 5.03 Å². The number of aromatic carboxylic acids is 1. The van der Waals surface area contributed by atoms with Crippen LogP contribution in [-0.4, -0.2) is 27.5 Å². The molecule has 0 aliphatic carbocycles. The molecule has 23 heavy (non-hydrogen) atoms. The number of nitrogens with one attached hydrogen (secondary N) is 1. The van der Waals surface area contributed by atoms with Crippen LogP contribution in [0.15, 0.2) is 27.7 Å². The molecule has 1 unspecified atom stereocenters. The Balaban J connectivity index is 2.12. The molecule has 122 valence electrons. The Labute approximate surface area is 136 Å². The highest BCUT2D eigenvalue weighted by atomic mass is 32.2. The van der Waals surface area contributed by atoms with Gasteiger partial charge in [0, 0.05) is 5.69 Å². The van der Waals surface area contributed by atoms with Gasteiger partial charge in [-0.3, -0.25) is 4.79 Å². The van der Waals surface area contributed by atoms with E-state index in [0.29, 0.717) is 5.69 Å². The van der Waals surface area contributed by atoms with Crippen molar-refractivity contribution in [1.82, 2.24) is 5.27 Å². The average Bonchev–Trinajstić information content (AvgIpc) is 2.80. The molecule has 0 saturated heterocycles. The van der Waals surface area contributed by atoms with E-state index < -0.39 is 17.2 Å². The third-order valence-corrected chi connectivity index (χ3v) is 4.34. The number of amides is 1. The molecular formula is C14H15N3O5S. The van der Waals surface area contributed by atoms with Gasteiger partial charge in [0.2, 0.25) is 5.91 Å². The van der Waals surface area contributed by atoms with Crippen molar-refractivity contribution in [3.8, 4) is 5.95 Å². The summed E-state index contributed by atoms with van der Waals surface area (Å²) in [7, 11) is 1.54. The fourth-order valence-corrected chi connectivity index (χ4v) is 2.60. The summed E-state index contributed by atoms with van der Waals surface area (Å²) in [6, 6.07) is 4.48. The number of aromatic nitrogens is 2. The number of carbonyl (C=O) groups is 2. The van der Waals surface area contributed by atoms with Gasteiger partial charge in [0.05, 0.1) is 16.1 Å². The largest absolute Gasteiger partial charge is 0.538 e. The van der Waals surface area contributed by atoms with Crippen LogP contribution in [0.5, 0.6) is 5.95 Å². The number of nitrogens with zero attached hydrogens (tertiary/aromatic N) is 2. The third kappa shape index (κ3) is 3.81. The van der Waals surface area contributed by atoms with E-state index in [9.17, 15) is 14.7 Å². The minimum Gasteiger partial charge on any atom is -0.538 e. The Kier molecular flexibility index (Phi) is 4.89. The first-order valence-corrected chi connectivity index (χ1v) is 7.52. The van der Waals surface area contributed by atoms with Crippen molar-refractivity contribution in [2.24, 2.45) is 7.05 Å². The number of anilines is 1. The SMILES string of the molecule is Cc1ccc(C(=O)O)cc1NC(=O)C(C)Sc1c([O-])on[n+]1C. The zero-order valence-electron chi connectivity index (χ0n) is 12.7. The smallest absolute Gasteiger partial charge is 0.335 e. The maximum atomic E-state index is 12.3. The Hall–Kier alpha value is -2.55. The molecule has 2 aromatic rings. The number of carboxylic acid groups (broad SMARTS) is 1. The molecule has 9 heteroatoms. The number of carbonyl (C=O) groups excluding carboxylic acids is 1. The Morgan fingerprint density at radius 1 is 1.48 bits per heavy atom. The van der Waals surface area contributed by atoms with E-state index in [-0.39, 0.29) is 16.5 Å². The molecule has 0 bridgehead atoms. The average molecular weight is 337 g/mol. The normalized spacial score (nSPS) is 12.0. The van der Waals surface area contributed by atoms with Crippen molar-refractivity contribution in [3.05, 3.63) is 29.3 Å². The molecule has 0 aliphatic rings. The van der Waals surface area contributed by atoms with Crippen LogP contribution in [0.2, 0.25) is 0 Å². The molecule has 2 N–H and O–H groups in total. The summed E-state index contributed by atoms with van der Waals surface area (Å²) >= 11 is 1.01. The lowest BCUT2D eigenvalue weighted by Crippen LogP contribution is -2.33. The molecule has 2 rings (SSSR count).